The number of nitrogens with one attached hydrogen (secondary N) is 1. The Morgan fingerprint density at radius 3 is 2.46 bits per heavy atom. The van der Waals surface area contributed by atoms with Gasteiger partial charge in [-0.3, -0.25) is 4.79 Å². The van der Waals surface area contributed by atoms with Gasteiger partial charge in [-0.2, -0.15) is 4.31 Å². The van der Waals surface area contributed by atoms with Crippen LogP contribution in [0, 0.1) is 0 Å². The zero-order valence-electron chi connectivity index (χ0n) is 16.2. The summed E-state index contributed by atoms with van der Waals surface area (Å²) in [6, 6.07) is 14.0. The van der Waals surface area contributed by atoms with Crippen molar-refractivity contribution in [1.29, 1.82) is 0 Å². The Bertz CT molecular complexity index is 923. The van der Waals surface area contributed by atoms with Crippen molar-refractivity contribution in [2.75, 3.05) is 19.7 Å². The standard InChI is InChI=1S/C21H26N2O4S/c1-3-27-19-12-11-18(15-20(19)28(25,26)23-13-7-8-14-23)21(24)22-16(2)17-9-5-4-6-10-17/h4-6,9-12,15-16H,3,7-8,13-14H2,1-2H3,(H,22,24)/t16-/m0/s1. The number of rotatable bonds is 7. The Balaban J connectivity index is 1.89. The zero-order valence-corrected chi connectivity index (χ0v) is 17.0. The van der Waals surface area contributed by atoms with Crippen molar-refractivity contribution in [2.24, 2.45) is 0 Å². The van der Waals surface area contributed by atoms with Crippen molar-refractivity contribution < 1.29 is 17.9 Å². The number of hydrogen-bond acceptors (Lipinski definition) is 4. The summed E-state index contributed by atoms with van der Waals surface area (Å²) in [5.74, 6) is -0.0423. The minimum atomic E-state index is -3.70. The molecular weight excluding hydrogens is 376 g/mol. The first-order valence-electron chi connectivity index (χ1n) is 9.56. The molecule has 1 fully saturated rings. The summed E-state index contributed by atoms with van der Waals surface area (Å²) >= 11 is 0. The van der Waals surface area contributed by atoms with Crippen LogP contribution in [0.15, 0.2) is 53.4 Å². The Hall–Kier alpha value is -2.38. The fourth-order valence-electron chi connectivity index (χ4n) is 3.30. The van der Waals surface area contributed by atoms with E-state index in [1.165, 1.54) is 10.4 Å². The van der Waals surface area contributed by atoms with E-state index in [1.54, 1.807) is 19.1 Å². The molecular formula is C21H26N2O4S. The Morgan fingerprint density at radius 1 is 1.14 bits per heavy atom. The lowest BCUT2D eigenvalue weighted by Crippen LogP contribution is -2.29. The van der Waals surface area contributed by atoms with Gasteiger partial charge in [-0.1, -0.05) is 30.3 Å². The van der Waals surface area contributed by atoms with Gasteiger partial charge in [0.05, 0.1) is 12.6 Å². The number of hydrogen-bond donors (Lipinski definition) is 1. The summed E-state index contributed by atoms with van der Waals surface area (Å²) in [5, 5.41) is 2.92. The van der Waals surface area contributed by atoms with Gasteiger partial charge in [-0.05, 0) is 50.5 Å². The van der Waals surface area contributed by atoms with Crippen LogP contribution in [0.3, 0.4) is 0 Å². The van der Waals surface area contributed by atoms with Crippen LogP contribution in [0.4, 0.5) is 0 Å². The first-order valence-corrected chi connectivity index (χ1v) is 11.0. The van der Waals surface area contributed by atoms with E-state index in [4.69, 9.17) is 4.74 Å². The van der Waals surface area contributed by atoms with Crippen LogP contribution in [-0.4, -0.2) is 38.3 Å². The van der Waals surface area contributed by atoms with Crippen molar-refractivity contribution >= 4 is 15.9 Å². The highest BCUT2D eigenvalue weighted by molar-refractivity contribution is 7.89. The molecule has 2 aromatic rings. The van der Waals surface area contributed by atoms with Gasteiger partial charge >= 0.3 is 0 Å². The smallest absolute Gasteiger partial charge is 0.251 e. The van der Waals surface area contributed by atoms with Crippen LogP contribution in [0.1, 0.15) is 48.7 Å². The van der Waals surface area contributed by atoms with E-state index in [1.807, 2.05) is 37.3 Å². The van der Waals surface area contributed by atoms with Crippen molar-refractivity contribution in [2.45, 2.75) is 37.6 Å². The van der Waals surface area contributed by atoms with Crippen LogP contribution >= 0.6 is 0 Å². The van der Waals surface area contributed by atoms with E-state index in [0.29, 0.717) is 25.3 Å². The Labute approximate surface area is 166 Å². The second-order valence-corrected chi connectivity index (χ2v) is 8.72. The molecule has 0 spiro atoms. The van der Waals surface area contributed by atoms with E-state index in [9.17, 15) is 13.2 Å². The van der Waals surface area contributed by atoms with Crippen LogP contribution in [0.25, 0.3) is 0 Å². The largest absolute Gasteiger partial charge is 0.492 e. The summed E-state index contributed by atoms with van der Waals surface area (Å²) in [6.07, 6.45) is 1.69. The second-order valence-electron chi connectivity index (χ2n) is 6.81. The summed E-state index contributed by atoms with van der Waals surface area (Å²) in [7, 11) is -3.70. The van der Waals surface area contributed by atoms with E-state index in [2.05, 4.69) is 5.32 Å². The predicted molar refractivity (Wildman–Crippen MR) is 108 cm³/mol. The molecule has 3 rings (SSSR count). The molecule has 1 heterocycles. The first-order chi connectivity index (χ1) is 13.4. The highest BCUT2D eigenvalue weighted by Gasteiger charge is 2.31. The molecule has 1 aliphatic rings. The van der Waals surface area contributed by atoms with Gasteiger partial charge in [-0.15, -0.1) is 0 Å². The highest BCUT2D eigenvalue weighted by atomic mass is 32.2. The maximum Gasteiger partial charge on any atom is 0.251 e. The number of nitrogens with zero attached hydrogens (tertiary/aromatic N) is 1. The molecule has 7 heteroatoms. The third-order valence-corrected chi connectivity index (χ3v) is 6.76. The number of benzene rings is 2. The van der Waals surface area contributed by atoms with Gasteiger partial charge in [-0.25, -0.2) is 8.42 Å². The van der Waals surface area contributed by atoms with Gasteiger partial charge in [0.2, 0.25) is 10.0 Å². The molecule has 1 N–H and O–H groups in total. The van der Waals surface area contributed by atoms with Gasteiger partial charge in [0.25, 0.3) is 5.91 Å². The van der Waals surface area contributed by atoms with Crippen molar-refractivity contribution in [3.05, 3.63) is 59.7 Å². The van der Waals surface area contributed by atoms with E-state index >= 15 is 0 Å². The maximum atomic E-state index is 13.1. The van der Waals surface area contributed by atoms with Gasteiger partial charge < -0.3 is 10.1 Å². The normalized spacial score (nSPS) is 15.9. The van der Waals surface area contributed by atoms with Crippen molar-refractivity contribution in [3.8, 4) is 5.75 Å². The first kappa shape index (κ1) is 20.4. The monoisotopic (exact) mass is 402 g/mol. The molecule has 0 radical (unpaired) electrons. The average molecular weight is 403 g/mol. The molecule has 6 nitrogen and oxygen atoms in total. The predicted octanol–water partition coefficient (Wildman–Crippen LogP) is 3.36. The van der Waals surface area contributed by atoms with Crippen LogP contribution < -0.4 is 10.1 Å². The molecule has 1 atom stereocenters. The van der Waals surface area contributed by atoms with Crippen LogP contribution in [-0.2, 0) is 10.0 Å². The Kier molecular flexibility index (Phi) is 6.36. The second kappa shape index (κ2) is 8.75. The lowest BCUT2D eigenvalue weighted by molar-refractivity contribution is 0.0939. The number of carbonyl (C=O) groups excluding carboxylic acids is 1. The van der Waals surface area contributed by atoms with Gasteiger partial charge in [0.1, 0.15) is 10.6 Å². The van der Waals surface area contributed by atoms with Crippen LogP contribution in [0.5, 0.6) is 5.75 Å². The topological polar surface area (TPSA) is 75.7 Å². The summed E-state index contributed by atoms with van der Waals surface area (Å²) in [5.41, 5.74) is 1.27. The summed E-state index contributed by atoms with van der Waals surface area (Å²) < 4.78 is 33.1. The zero-order chi connectivity index (χ0) is 20.1. The Morgan fingerprint density at radius 2 is 1.82 bits per heavy atom. The molecule has 2 aromatic carbocycles. The molecule has 150 valence electrons. The SMILES string of the molecule is CCOc1ccc(C(=O)N[C@@H](C)c2ccccc2)cc1S(=O)(=O)N1CCCC1. The molecule has 28 heavy (non-hydrogen) atoms. The van der Waals surface area contributed by atoms with Crippen LogP contribution in [0.2, 0.25) is 0 Å². The number of ether oxygens (including phenoxy) is 1. The molecule has 0 bridgehead atoms. The number of sulfonamides is 1. The third kappa shape index (κ3) is 4.36. The van der Waals surface area contributed by atoms with E-state index in [-0.39, 0.29) is 22.6 Å². The molecule has 0 aromatic heterocycles. The highest BCUT2D eigenvalue weighted by Crippen LogP contribution is 2.30. The minimum absolute atomic E-state index is 0.0521. The van der Waals surface area contributed by atoms with Crippen molar-refractivity contribution in [1.82, 2.24) is 9.62 Å². The number of carbonyl (C=O) groups is 1. The number of amides is 1. The lowest BCUT2D eigenvalue weighted by Gasteiger charge is -2.19. The molecule has 1 aliphatic heterocycles. The van der Waals surface area contributed by atoms with Crippen molar-refractivity contribution in [3.63, 3.8) is 0 Å². The third-order valence-electron chi connectivity index (χ3n) is 4.84. The van der Waals surface area contributed by atoms with Gasteiger partial charge in [0.15, 0.2) is 0 Å². The fraction of sp³-hybridized carbons (Fsp3) is 0.381. The molecule has 0 saturated carbocycles. The molecule has 1 amide bonds. The fourth-order valence-corrected chi connectivity index (χ4v) is 4.97. The van der Waals surface area contributed by atoms with E-state index in [0.717, 1.165) is 18.4 Å². The minimum Gasteiger partial charge on any atom is -0.492 e. The average Bonchev–Trinajstić information content (AvgIpc) is 3.25. The lowest BCUT2D eigenvalue weighted by atomic mass is 10.1. The quantitative estimate of drug-likeness (QED) is 0.771. The molecule has 1 saturated heterocycles. The summed E-state index contributed by atoms with van der Waals surface area (Å²) in [6.45, 7) is 5.03. The summed E-state index contributed by atoms with van der Waals surface area (Å²) in [4.78, 5) is 12.8. The molecule has 0 aliphatic carbocycles. The molecule has 0 unspecified atom stereocenters. The maximum absolute atomic E-state index is 13.1. The van der Waals surface area contributed by atoms with E-state index < -0.39 is 10.0 Å². The van der Waals surface area contributed by atoms with Gasteiger partial charge in [0, 0.05) is 18.7 Å².